The Balaban J connectivity index is 1.10. The second kappa shape index (κ2) is 14.7. The number of benzene rings is 9. The van der Waals surface area contributed by atoms with Crippen LogP contribution in [0.3, 0.4) is 0 Å². The lowest BCUT2D eigenvalue weighted by molar-refractivity contribution is 0.953. The summed E-state index contributed by atoms with van der Waals surface area (Å²) in [6.07, 6.45) is 0. The van der Waals surface area contributed by atoms with Crippen LogP contribution in [0.15, 0.2) is 224 Å². The molecule has 0 aliphatic rings. The molecule has 5 nitrogen and oxygen atoms in total. The fourth-order valence-corrected chi connectivity index (χ4v) is 9.06. The molecule has 5 heteroatoms. The minimum absolute atomic E-state index is 0.559. The minimum atomic E-state index is 0.559. The van der Waals surface area contributed by atoms with E-state index in [4.69, 9.17) is 15.0 Å². The molecule has 0 bridgehead atoms. The quantitative estimate of drug-likeness (QED) is 0.162. The molecule has 0 spiro atoms. The molecule has 0 radical (unpaired) electrons. The Morgan fingerprint density at radius 3 is 1.31 bits per heavy atom. The van der Waals surface area contributed by atoms with Gasteiger partial charge in [0.2, 0.25) is 5.95 Å². The van der Waals surface area contributed by atoms with Crippen LogP contribution in [0.1, 0.15) is 0 Å². The van der Waals surface area contributed by atoms with Crippen LogP contribution in [-0.4, -0.2) is 24.1 Å². The molecule has 0 aliphatic heterocycles. The van der Waals surface area contributed by atoms with Gasteiger partial charge >= 0.3 is 0 Å². The van der Waals surface area contributed by atoms with E-state index in [1.165, 1.54) is 21.9 Å². The van der Waals surface area contributed by atoms with Gasteiger partial charge in [-0.3, -0.25) is 4.57 Å². The molecule has 3 aromatic heterocycles. The fourth-order valence-electron chi connectivity index (χ4n) is 9.06. The van der Waals surface area contributed by atoms with Gasteiger partial charge < -0.3 is 4.57 Å². The average Bonchev–Trinajstić information content (AvgIpc) is 3.88. The third kappa shape index (κ3) is 5.98. The summed E-state index contributed by atoms with van der Waals surface area (Å²) in [5, 5.41) is 4.66. The Bertz CT molecular complexity index is 3490. The highest BCUT2D eigenvalue weighted by Gasteiger charge is 2.23. The van der Waals surface area contributed by atoms with Gasteiger partial charge in [0.25, 0.3) is 0 Å². The molecule has 0 saturated heterocycles. The topological polar surface area (TPSA) is 48.5 Å². The zero-order valence-electron chi connectivity index (χ0n) is 33.6. The van der Waals surface area contributed by atoms with Crippen LogP contribution < -0.4 is 0 Å². The Kier molecular flexibility index (Phi) is 8.42. The van der Waals surface area contributed by atoms with Gasteiger partial charge in [-0.15, -0.1) is 0 Å². The van der Waals surface area contributed by atoms with Crippen LogP contribution in [0, 0.1) is 0 Å². The van der Waals surface area contributed by atoms with Crippen LogP contribution in [-0.2, 0) is 0 Å². The van der Waals surface area contributed by atoms with Crippen LogP contribution in [0.25, 0.3) is 111 Å². The van der Waals surface area contributed by atoms with Gasteiger partial charge in [0.05, 0.1) is 22.1 Å². The van der Waals surface area contributed by atoms with Crippen molar-refractivity contribution in [3.8, 4) is 67.8 Å². The number of para-hydroxylation sites is 2. The maximum atomic E-state index is 5.32. The molecule has 0 aliphatic carbocycles. The van der Waals surface area contributed by atoms with Crippen molar-refractivity contribution in [2.45, 2.75) is 0 Å². The molecule has 12 aromatic rings. The molecular formula is C57H37N5. The van der Waals surface area contributed by atoms with E-state index in [0.29, 0.717) is 17.6 Å². The molecule has 0 unspecified atom stereocenters. The number of hydrogen-bond donors (Lipinski definition) is 0. The summed E-state index contributed by atoms with van der Waals surface area (Å²) in [4.78, 5) is 15.8. The predicted octanol–water partition coefficient (Wildman–Crippen LogP) is 14.4. The summed E-state index contributed by atoms with van der Waals surface area (Å²) >= 11 is 0. The lowest BCUT2D eigenvalue weighted by Crippen LogP contribution is -2.06. The highest BCUT2D eigenvalue weighted by atomic mass is 15.2. The standard InChI is InChI=1S/C57H37N5/c1-4-15-38(16-5-1)41-27-31-43(32-28-41)55-58-56(44-33-29-42(30-34-44)39-17-6-2-7-18-39)60-57(59-55)62-51-26-13-11-24-49(51)53-52(62)36-35-48-47-23-10-12-25-50(47)61(54(48)53)46-22-14-21-45(37-46)40-19-8-3-9-20-40/h1-37H. The van der Waals surface area contributed by atoms with E-state index in [1.54, 1.807) is 0 Å². The maximum Gasteiger partial charge on any atom is 0.238 e. The number of rotatable bonds is 7. The summed E-state index contributed by atoms with van der Waals surface area (Å²) in [5.74, 6) is 1.77. The van der Waals surface area contributed by atoms with Gasteiger partial charge in [0, 0.05) is 38.4 Å². The summed E-state index contributed by atoms with van der Waals surface area (Å²) in [6, 6.07) is 79.2. The predicted molar refractivity (Wildman–Crippen MR) is 256 cm³/mol. The molecule has 0 atom stereocenters. The van der Waals surface area contributed by atoms with E-state index in [9.17, 15) is 0 Å². The van der Waals surface area contributed by atoms with E-state index in [0.717, 1.165) is 71.9 Å². The van der Waals surface area contributed by atoms with Gasteiger partial charge in [0.1, 0.15) is 0 Å². The first-order valence-corrected chi connectivity index (χ1v) is 20.9. The lowest BCUT2D eigenvalue weighted by atomic mass is 10.0. The molecule has 0 saturated carbocycles. The Morgan fingerprint density at radius 2 is 0.726 bits per heavy atom. The third-order valence-corrected chi connectivity index (χ3v) is 12.0. The zero-order chi connectivity index (χ0) is 41.0. The van der Waals surface area contributed by atoms with Crippen molar-refractivity contribution in [3.63, 3.8) is 0 Å². The van der Waals surface area contributed by atoms with E-state index in [1.807, 2.05) is 12.1 Å². The first-order valence-electron chi connectivity index (χ1n) is 20.9. The van der Waals surface area contributed by atoms with E-state index < -0.39 is 0 Å². The number of aromatic nitrogens is 5. The average molecular weight is 792 g/mol. The summed E-state index contributed by atoms with van der Waals surface area (Å²) in [7, 11) is 0. The second-order valence-corrected chi connectivity index (χ2v) is 15.6. The number of hydrogen-bond acceptors (Lipinski definition) is 3. The van der Waals surface area contributed by atoms with Gasteiger partial charge in [-0.1, -0.05) is 194 Å². The summed E-state index contributed by atoms with van der Waals surface area (Å²) in [5.41, 5.74) is 14.2. The maximum absolute atomic E-state index is 5.32. The van der Waals surface area contributed by atoms with Gasteiger partial charge in [-0.2, -0.15) is 9.97 Å². The zero-order valence-corrected chi connectivity index (χ0v) is 33.6. The van der Waals surface area contributed by atoms with Crippen LogP contribution in [0.5, 0.6) is 0 Å². The third-order valence-electron chi connectivity index (χ3n) is 12.0. The molecule has 290 valence electrons. The molecule has 3 heterocycles. The van der Waals surface area contributed by atoms with Crippen molar-refractivity contribution < 1.29 is 0 Å². The largest absolute Gasteiger partial charge is 0.309 e. The van der Waals surface area contributed by atoms with Crippen LogP contribution in [0.4, 0.5) is 0 Å². The molecule has 0 N–H and O–H groups in total. The SMILES string of the molecule is c1ccc(-c2ccc(-c3nc(-c4ccc(-c5ccccc5)cc4)nc(-n4c5ccccc5c5c4ccc4c6ccccc6n(-c6cccc(-c7ccccc7)c6)c45)n3)cc2)cc1. The molecule has 0 amide bonds. The first-order chi connectivity index (χ1) is 30.7. The Morgan fingerprint density at radius 1 is 0.274 bits per heavy atom. The van der Waals surface area contributed by atoms with Gasteiger partial charge in [-0.05, 0) is 63.7 Å². The Labute approximate surface area is 358 Å². The smallest absolute Gasteiger partial charge is 0.238 e. The van der Waals surface area contributed by atoms with E-state index in [2.05, 4.69) is 221 Å². The number of nitrogens with zero attached hydrogens (tertiary/aromatic N) is 5. The van der Waals surface area contributed by atoms with Crippen LogP contribution in [0.2, 0.25) is 0 Å². The summed E-state index contributed by atoms with van der Waals surface area (Å²) < 4.78 is 4.65. The second-order valence-electron chi connectivity index (χ2n) is 15.6. The first kappa shape index (κ1) is 35.5. The number of fused-ring (bicyclic) bond motifs is 7. The van der Waals surface area contributed by atoms with Crippen molar-refractivity contribution in [2.75, 3.05) is 0 Å². The molecule has 62 heavy (non-hydrogen) atoms. The lowest BCUT2D eigenvalue weighted by Gasteiger charge is -2.12. The van der Waals surface area contributed by atoms with Gasteiger partial charge in [-0.25, -0.2) is 4.98 Å². The normalized spacial score (nSPS) is 11.5. The van der Waals surface area contributed by atoms with Crippen LogP contribution >= 0.6 is 0 Å². The minimum Gasteiger partial charge on any atom is -0.309 e. The van der Waals surface area contributed by atoms with E-state index in [-0.39, 0.29) is 0 Å². The van der Waals surface area contributed by atoms with Gasteiger partial charge in [0.15, 0.2) is 11.6 Å². The summed E-state index contributed by atoms with van der Waals surface area (Å²) in [6.45, 7) is 0. The Hall–Kier alpha value is -8.41. The van der Waals surface area contributed by atoms with Crippen molar-refractivity contribution in [2.24, 2.45) is 0 Å². The van der Waals surface area contributed by atoms with E-state index >= 15 is 0 Å². The van der Waals surface area contributed by atoms with Crippen molar-refractivity contribution in [1.29, 1.82) is 0 Å². The molecule has 9 aromatic carbocycles. The molecular weight excluding hydrogens is 755 g/mol. The van der Waals surface area contributed by atoms with Crippen molar-refractivity contribution in [3.05, 3.63) is 224 Å². The highest BCUT2D eigenvalue weighted by Crippen LogP contribution is 2.42. The van der Waals surface area contributed by atoms with Crippen molar-refractivity contribution in [1.82, 2.24) is 24.1 Å². The monoisotopic (exact) mass is 791 g/mol. The molecule has 12 rings (SSSR count). The van der Waals surface area contributed by atoms with Crippen molar-refractivity contribution >= 4 is 43.6 Å². The molecule has 0 fully saturated rings. The highest BCUT2D eigenvalue weighted by molar-refractivity contribution is 6.26. The fraction of sp³-hybridized carbons (Fsp3) is 0.